The molecule has 29 heavy (non-hydrogen) atoms. The molecule has 1 aromatic heterocycles. The summed E-state index contributed by atoms with van der Waals surface area (Å²) < 4.78 is 5.22. The number of aromatic nitrogens is 2. The number of nitrogens with zero attached hydrogens (tertiary/aromatic N) is 3. The fourth-order valence-corrected chi connectivity index (χ4v) is 4.27. The van der Waals surface area contributed by atoms with Crippen molar-refractivity contribution < 1.29 is 14.1 Å². The van der Waals surface area contributed by atoms with Crippen LogP contribution >= 0.6 is 11.8 Å². The lowest BCUT2D eigenvalue weighted by Crippen LogP contribution is -2.44. The van der Waals surface area contributed by atoms with Crippen LogP contribution in [0.3, 0.4) is 0 Å². The largest absolute Gasteiger partial charge is 0.339 e. The van der Waals surface area contributed by atoms with Gasteiger partial charge in [-0.2, -0.15) is 4.98 Å². The second-order valence-electron chi connectivity index (χ2n) is 7.72. The number of hydrogen-bond donors (Lipinski definition) is 1. The van der Waals surface area contributed by atoms with Gasteiger partial charge in [0.15, 0.2) is 5.82 Å². The summed E-state index contributed by atoms with van der Waals surface area (Å²) in [5.41, 5.74) is 3.07. The van der Waals surface area contributed by atoms with Gasteiger partial charge < -0.3 is 14.7 Å². The van der Waals surface area contributed by atoms with Gasteiger partial charge in [-0.25, -0.2) is 0 Å². The number of amides is 2. The van der Waals surface area contributed by atoms with Gasteiger partial charge in [0, 0.05) is 30.2 Å². The highest BCUT2D eigenvalue weighted by molar-refractivity contribution is 7.99. The summed E-state index contributed by atoms with van der Waals surface area (Å²) in [7, 11) is 0. The molecule has 156 valence electrons. The molecule has 2 aromatic rings. The first kappa shape index (κ1) is 21.4. The molecule has 3 rings (SSSR count). The number of carbonyl (C=O) groups is 2. The van der Waals surface area contributed by atoms with Crippen molar-refractivity contribution in [3.8, 4) is 0 Å². The first-order valence-electron chi connectivity index (χ1n) is 9.93. The minimum absolute atomic E-state index is 0.0150. The molecule has 0 radical (unpaired) electrons. The third-order valence-corrected chi connectivity index (χ3v) is 6.07. The van der Waals surface area contributed by atoms with Gasteiger partial charge in [-0.05, 0) is 43.5 Å². The van der Waals surface area contributed by atoms with E-state index < -0.39 is 6.04 Å². The fourth-order valence-electron chi connectivity index (χ4n) is 3.09. The summed E-state index contributed by atoms with van der Waals surface area (Å²) in [6.45, 7) is 8.06. The Labute approximate surface area is 175 Å². The fraction of sp³-hybridized carbons (Fsp3) is 0.524. The summed E-state index contributed by atoms with van der Waals surface area (Å²) in [4.78, 5) is 31.4. The third-order valence-electron chi connectivity index (χ3n) is 5.06. The molecule has 1 saturated heterocycles. The van der Waals surface area contributed by atoms with E-state index in [4.69, 9.17) is 4.52 Å². The van der Waals surface area contributed by atoms with E-state index in [0.717, 1.165) is 11.3 Å². The van der Waals surface area contributed by atoms with Crippen molar-refractivity contribution in [2.24, 2.45) is 0 Å². The minimum atomic E-state index is -0.440. The van der Waals surface area contributed by atoms with Gasteiger partial charge in [-0.1, -0.05) is 25.1 Å². The summed E-state index contributed by atoms with van der Waals surface area (Å²) in [5.74, 6) is 2.47. The van der Waals surface area contributed by atoms with Crippen LogP contribution < -0.4 is 5.32 Å². The predicted octanol–water partition coefficient (Wildman–Crippen LogP) is 3.67. The quantitative estimate of drug-likeness (QED) is 0.741. The molecule has 2 heterocycles. The number of aryl methyl sites for hydroxylation is 3. The molecule has 1 fully saturated rings. The maximum absolute atomic E-state index is 12.7. The van der Waals surface area contributed by atoms with Crippen LogP contribution in [-0.2, 0) is 16.0 Å². The van der Waals surface area contributed by atoms with E-state index in [-0.39, 0.29) is 17.7 Å². The zero-order valence-electron chi connectivity index (χ0n) is 17.4. The van der Waals surface area contributed by atoms with Crippen LogP contribution in [0.25, 0.3) is 0 Å². The highest BCUT2D eigenvalue weighted by Gasteiger charge is 2.34. The van der Waals surface area contributed by atoms with Crippen LogP contribution in [0.5, 0.6) is 0 Å². The minimum Gasteiger partial charge on any atom is -0.339 e. The monoisotopic (exact) mass is 416 g/mol. The van der Waals surface area contributed by atoms with E-state index in [0.29, 0.717) is 42.6 Å². The Kier molecular flexibility index (Phi) is 6.95. The molecule has 0 saturated carbocycles. The second-order valence-corrected chi connectivity index (χ2v) is 8.72. The van der Waals surface area contributed by atoms with Crippen LogP contribution in [0, 0.1) is 13.8 Å². The normalized spacial score (nSPS) is 16.4. The van der Waals surface area contributed by atoms with Gasteiger partial charge in [-0.3, -0.25) is 9.59 Å². The molecule has 1 atom stereocenters. The maximum Gasteiger partial charge on any atom is 0.248 e. The standard InChI is InChI=1S/C21H28N4O3S/c1-13(2)20-23-18(28-24-20)6-5-7-19(26)25-12-29-11-17(25)21(27)22-16-9-8-14(3)15(4)10-16/h8-10,13,17H,5-7,11-12H2,1-4H3,(H,22,27). The van der Waals surface area contributed by atoms with Crippen LogP contribution in [-0.4, -0.2) is 44.5 Å². The predicted molar refractivity (Wildman–Crippen MR) is 114 cm³/mol. The van der Waals surface area contributed by atoms with Gasteiger partial charge >= 0.3 is 0 Å². The number of hydrogen-bond acceptors (Lipinski definition) is 6. The Hall–Kier alpha value is -2.35. The van der Waals surface area contributed by atoms with Crippen molar-refractivity contribution in [1.29, 1.82) is 0 Å². The van der Waals surface area contributed by atoms with E-state index in [9.17, 15) is 9.59 Å². The first-order valence-corrected chi connectivity index (χ1v) is 11.1. The van der Waals surface area contributed by atoms with Gasteiger partial charge in [0.2, 0.25) is 17.7 Å². The van der Waals surface area contributed by atoms with E-state index in [1.807, 2.05) is 45.9 Å². The van der Waals surface area contributed by atoms with Crippen molar-refractivity contribution in [3.63, 3.8) is 0 Å². The topological polar surface area (TPSA) is 88.3 Å². The van der Waals surface area contributed by atoms with Crippen molar-refractivity contribution in [2.75, 3.05) is 16.9 Å². The molecule has 0 bridgehead atoms. The number of anilines is 1. The van der Waals surface area contributed by atoms with Crippen molar-refractivity contribution in [3.05, 3.63) is 41.0 Å². The van der Waals surface area contributed by atoms with Crippen molar-refractivity contribution in [2.45, 2.75) is 58.9 Å². The Morgan fingerprint density at radius 2 is 2.10 bits per heavy atom. The Morgan fingerprint density at radius 1 is 1.31 bits per heavy atom. The molecule has 1 aromatic carbocycles. The molecule has 1 aliphatic heterocycles. The van der Waals surface area contributed by atoms with Crippen LogP contribution in [0.1, 0.15) is 55.4 Å². The number of nitrogens with one attached hydrogen (secondary N) is 1. The Morgan fingerprint density at radius 3 is 2.79 bits per heavy atom. The second kappa shape index (κ2) is 9.43. The zero-order chi connectivity index (χ0) is 21.0. The van der Waals surface area contributed by atoms with Crippen LogP contribution in [0.2, 0.25) is 0 Å². The lowest BCUT2D eigenvalue weighted by molar-refractivity contribution is -0.136. The lowest BCUT2D eigenvalue weighted by atomic mass is 10.1. The maximum atomic E-state index is 12.7. The van der Waals surface area contributed by atoms with E-state index in [2.05, 4.69) is 15.5 Å². The Bertz CT molecular complexity index is 881. The van der Waals surface area contributed by atoms with Crippen LogP contribution in [0.4, 0.5) is 5.69 Å². The van der Waals surface area contributed by atoms with E-state index in [1.165, 1.54) is 5.56 Å². The number of benzene rings is 1. The van der Waals surface area contributed by atoms with E-state index in [1.54, 1.807) is 16.7 Å². The van der Waals surface area contributed by atoms with Crippen LogP contribution in [0.15, 0.2) is 22.7 Å². The lowest BCUT2D eigenvalue weighted by Gasteiger charge is -2.23. The van der Waals surface area contributed by atoms with Gasteiger partial charge in [0.05, 0.1) is 5.88 Å². The Balaban J connectivity index is 1.52. The molecular formula is C21H28N4O3S. The summed E-state index contributed by atoms with van der Waals surface area (Å²) >= 11 is 1.60. The highest BCUT2D eigenvalue weighted by Crippen LogP contribution is 2.24. The van der Waals surface area contributed by atoms with Gasteiger partial charge in [-0.15, -0.1) is 11.8 Å². The smallest absolute Gasteiger partial charge is 0.248 e. The van der Waals surface area contributed by atoms with Gasteiger partial charge in [0.25, 0.3) is 0 Å². The highest BCUT2D eigenvalue weighted by atomic mass is 32.2. The van der Waals surface area contributed by atoms with Gasteiger partial charge in [0.1, 0.15) is 6.04 Å². The van der Waals surface area contributed by atoms with Crippen molar-refractivity contribution in [1.82, 2.24) is 15.0 Å². The summed E-state index contributed by atoms with van der Waals surface area (Å²) in [6, 6.07) is 5.39. The molecule has 7 nitrogen and oxygen atoms in total. The number of thioether (sulfide) groups is 1. The SMILES string of the molecule is Cc1ccc(NC(=O)C2CSCN2C(=O)CCCc2nc(C(C)C)no2)cc1C. The number of rotatable bonds is 7. The molecule has 8 heteroatoms. The third kappa shape index (κ3) is 5.38. The molecule has 2 amide bonds. The average Bonchev–Trinajstić information content (AvgIpc) is 3.34. The van der Waals surface area contributed by atoms with E-state index >= 15 is 0 Å². The average molecular weight is 417 g/mol. The number of carbonyl (C=O) groups excluding carboxylic acids is 2. The zero-order valence-corrected chi connectivity index (χ0v) is 18.2. The molecule has 0 aliphatic carbocycles. The molecule has 1 unspecified atom stereocenters. The molecule has 0 spiro atoms. The first-order chi connectivity index (χ1) is 13.8. The molecule has 1 aliphatic rings. The van der Waals surface area contributed by atoms with Crippen molar-refractivity contribution >= 4 is 29.3 Å². The summed E-state index contributed by atoms with van der Waals surface area (Å²) in [6.07, 6.45) is 1.53. The molecule has 1 N–H and O–H groups in total. The molecular weight excluding hydrogens is 388 g/mol. The summed E-state index contributed by atoms with van der Waals surface area (Å²) in [5, 5.41) is 6.89.